The predicted octanol–water partition coefficient (Wildman–Crippen LogP) is 3.15. The Bertz CT molecular complexity index is 545. The van der Waals surface area contributed by atoms with E-state index in [1.807, 2.05) is 0 Å². The fourth-order valence-corrected chi connectivity index (χ4v) is 3.27. The van der Waals surface area contributed by atoms with Crippen molar-refractivity contribution in [1.82, 2.24) is 0 Å². The number of nitrogens with one attached hydrogen (secondary N) is 1. The molecule has 1 amide bonds. The summed E-state index contributed by atoms with van der Waals surface area (Å²) in [7, 11) is 0. The minimum atomic E-state index is 0.0275. The third-order valence-electron chi connectivity index (χ3n) is 4.34. The van der Waals surface area contributed by atoms with Crippen LogP contribution in [0.15, 0.2) is 12.1 Å². The van der Waals surface area contributed by atoms with Crippen molar-refractivity contribution in [3.8, 4) is 11.5 Å². The monoisotopic (exact) mass is 290 g/mol. The van der Waals surface area contributed by atoms with E-state index in [0.717, 1.165) is 18.8 Å². The summed E-state index contributed by atoms with van der Waals surface area (Å²) in [6.45, 7) is 2.46. The van der Waals surface area contributed by atoms with Gasteiger partial charge in [-0.15, -0.1) is 0 Å². The van der Waals surface area contributed by atoms with Gasteiger partial charge in [0.15, 0.2) is 11.5 Å². The summed E-state index contributed by atoms with van der Waals surface area (Å²) in [6.07, 6.45) is 5.37. The van der Waals surface area contributed by atoms with Gasteiger partial charge in [-0.2, -0.15) is 0 Å². The lowest BCUT2D eigenvalue weighted by atomic mass is 9.81. The second kappa shape index (κ2) is 5.84. The average Bonchev–Trinajstić information content (AvgIpc) is 2.86. The van der Waals surface area contributed by atoms with Crippen molar-refractivity contribution in [3.05, 3.63) is 12.1 Å². The minimum absolute atomic E-state index is 0.0275. The molecule has 1 aromatic carbocycles. The van der Waals surface area contributed by atoms with Crippen LogP contribution in [0.3, 0.4) is 0 Å². The van der Waals surface area contributed by atoms with E-state index in [9.17, 15) is 4.79 Å². The van der Waals surface area contributed by atoms with Crippen LogP contribution in [0, 0.1) is 11.8 Å². The first-order valence-electron chi connectivity index (χ1n) is 7.61. The highest BCUT2D eigenvalue weighted by atomic mass is 16.7. The third kappa shape index (κ3) is 3.23. The molecule has 1 heterocycles. The molecule has 0 radical (unpaired) electrons. The number of amides is 1. The maximum atomic E-state index is 12.2. The van der Waals surface area contributed by atoms with E-state index in [1.165, 1.54) is 12.8 Å². The van der Waals surface area contributed by atoms with Gasteiger partial charge in [-0.3, -0.25) is 4.79 Å². The van der Waals surface area contributed by atoms with Gasteiger partial charge in [0.05, 0.1) is 11.4 Å². The molecule has 2 unspecified atom stereocenters. The molecule has 1 aliphatic heterocycles. The van der Waals surface area contributed by atoms with Crippen molar-refractivity contribution in [1.29, 1.82) is 0 Å². The molecule has 5 nitrogen and oxygen atoms in total. The zero-order chi connectivity index (χ0) is 14.8. The van der Waals surface area contributed by atoms with Crippen molar-refractivity contribution in [2.24, 2.45) is 11.8 Å². The molecule has 1 fully saturated rings. The summed E-state index contributed by atoms with van der Waals surface area (Å²) in [5.74, 6) is 2.51. The molecule has 21 heavy (non-hydrogen) atoms. The predicted molar refractivity (Wildman–Crippen MR) is 81.3 cm³/mol. The first-order chi connectivity index (χ1) is 10.1. The third-order valence-corrected chi connectivity index (χ3v) is 4.34. The number of anilines is 2. The van der Waals surface area contributed by atoms with E-state index < -0.39 is 0 Å². The fraction of sp³-hybridized carbons (Fsp3) is 0.562. The maximum absolute atomic E-state index is 12.2. The second-order valence-corrected chi connectivity index (χ2v) is 6.18. The molecule has 0 aromatic heterocycles. The Morgan fingerprint density at radius 1 is 1.33 bits per heavy atom. The Balaban J connectivity index is 1.62. The Hall–Kier alpha value is -1.91. The number of fused-ring (bicyclic) bond motifs is 1. The molecule has 0 spiro atoms. The van der Waals surface area contributed by atoms with Gasteiger partial charge in [-0.1, -0.05) is 19.8 Å². The second-order valence-electron chi connectivity index (χ2n) is 6.18. The van der Waals surface area contributed by atoms with Crippen LogP contribution in [0.5, 0.6) is 11.5 Å². The van der Waals surface area contributed by atoms with E-state index in [2.05, 4.69) is 12.2 Å². The highest BCUT2D eigenvalue weighted by molar-refractivity contribution is 5.94. The molecular weight excluding hydrogens is 268 g/mol. The number of carbonyl (C=O) groups excluding carboxylic acids is 1. The number of benzene rings is 1. The summed E-state index contributed by atoms with van der Waals surface area (Å²) >= 11 is 0. The quantitative estimate of drug-likeness (QED) is 0.839. The summed E-state index contributed by atoms with van der Waals surface area (Å²) in [6, 6.07) is 3.43. The molecular formula is C16H22N2O3. The van der Waals surface area contributed by atoms with Crippen LogP contribution in [0.25, 0.3) is 0 Å². The van der Waals surface area contributed by atoms with Crippen LogP contribution in [0.4, 0.5) is 11.4 Å². The van der Waals surface area contributed by atoms with Gasteiger partial charge in [0.1, 0.15) is 0 Å². The fourth-order valence-electron chi connectivity index (χ4n) is 3.27. The minimum Gasteiger partial charge on any atom is -0.454 e. The summed E-state index contributed by atoms with van der Waals surface area (Å²) in [5.41, 5.74) is 7.06. The molecule has 5 heteroatoms. The van der Waals surface area contributed by atoms with Crippen LogP contribution in [-0.4, -0.2) is 12.7 Å². The maximum Gasteiger partial charge on any atom is 0.231 e. The van der Waals surface area contributed by atoms with Crippen LogP contribution < -0.4 is 20.5 Å². The van der Waals surface area contributed by atoms with Crippen molar-refractivity contribution >= 4 is 17.3 Å². The number of hydrogen-bond donors (Lipinski definition) is 2. The summed E-state index contributed by atoms with van der Waals surface area (Å²) in [4.78, 5) is 12.2. The molecule has 2 atom stereocenters. The molecule has 0 saturated heterocycles. The highest BCUT2D eigenvalue weighted by Gasteiger charge is 2.22. The van der Waals surface area contributed by atoms with Crippen molar-refractivity contribution < 1.29 is 14.3 Å². The number of rotatable bonds is 3. The van der Waals surface area contributed by atoms with E-state index in [0.29, 0.717) is 35.2 Å². The number of nitrogen functional groups attached to an aromatic ring is 1. The molecule has 2 aliphatic rings. The Labute approximate surface area is 124 Å². The smallest absolute Gasteiger partial charge is 0.231 e. The molecule has 3 N–H and O–H groups in total. The molecule has 1 aromatic rings. The Morgan fingerprint density at radius 3 is 2.86 bits per heavy atom. The van der Waals surface area contributed by atoms with E-state index >= 15 is 0 Å². The lowest BCUT2D eigenvalue weighted by molar-refractivity contribution is -0.117. The molecule has 1 aliphatic carbocycles. The highest BCUT2D eigenvalue weighted by Crippen LogP contribution is 2.38. The average molecular weight is 290 g/mol. The van der Waals surface area contributed by atoms with Crippen LogP contribution in [0.1, 0.15) is 39.0 Å². The summed E-state index contributed by atoms with van der Waals surface area (Å²) < 4.78 is 10.6. The topological polar surface area (TPSA) is 73.6 Å². The van der Waals surface area contributed by atoms with Gasteiger partial charge in [0, 0.05) is 18.6 Å². The van der Waals surface area contributed by atoms with Crippen LogP contribution >= 0.6 is 0 Å². The lowest BCUT2D eigenvalue weighted by Crippen LogP contribution is -2.21. The van der Waals surface area contributed by atoms with Gasteiger partial charge < -0.3 is 20.5 Å². The zero-order valence-electron chi connectivity index (χ0n) is 12.4. The van der Waals surface area contributed by atoms with Crippen LogP contribution in [-0.2, 0) is 4.79 Å². The summed E-state index contributed by atoms with van der Waals surface area (Å²) in [5, 5.41) is 2.90. The van der Waals surface area contributed by atoms with Crippen molar-refractivity contribution in [2.75, 3.05) is 17.8 Å². The molecule has 3 rings (SSSR count). The first kappa shape index (κ1) is 14.0. The molecule has 114 valence electrons. The standard InChI is InChI=1S/C16H22N2O3/c1-10-3-2-4-11(5-10)6-16(19)18-13-8-15-14(7-12(13)17)20-9-21-15/h7-8,10-11H,2-6,9,17H2,1H3,(H,18,19). The van der Waals surface area contributed by atoms with E-state index in [-0.39, 0.29) is 12.7 Å². The normalized spacial score (nSPS) is 23.9. The van der Waals surface area contributed by atoms with Gasteiger partial charge in [-0.05, 0) is 24.7 Å². The van der Waals surface area contributed by atoms with E-state index in [1.54, 1.807) is 12.1 Å². The van der Waals surface area contributed by atoms with Gasteiger partial charge in [-0.25, -0.2) is 0 Å². The van der Waals surface area contributed by atoms with Gasteiger partial charge in [0.25, 0.3) is 0 Å². The zero-order valence-corrected chi connectivity index (χ0v) is 12.4. The number of nitrogens with two attached hydrogens (primary N) is 1. The van der Waals surface area contributed by atoms with Gasteiger partial charge in [0.2, 0.25) is 12.7 Å². The lowest BCUT2D eigenvalue weighted by Gasteiger charge is -2.26. The SMILES string of the molecule is CC1CCCC(CC(=O)Nc2cc3c(cc2N)OCO3)C1. The number of ether oxygens (including phenoxy) is 2. The molecule has 1 saturated carbocycles. The largest absolute Gasteiger partial charge is 0.454 e. The van der Waals surface area contributed by atoms with Crippen molar-refractivity contribution in [2.45, 2.75) is 39.0 Å². The van der Waals surface area contributed by atoms with Gasteiger partial charge >= 0.3 is 0 Å². The van der Waals surface area contributed by atoms with Crippen molar-refractivity contribution in [3.63, 3.8) is 0 Å². The first-order valence-corrected chi connectivity index (χ1v) is 7.61. The van der Waals surface area contributed by atoms with Crippen LogP contribution in [0.2, 0.25) is 0 Å². The Morgan fingerprint density at radius 2 is 2.10 bits per heavy atom. The van der Waals surface area contributed by atoms with E-state index in [4.69, 9.17) is 15.2 Å². The number of carbonyl (C=O) groups is 1. The molecule has 0 bridgehead atoms. The number of hydrogen-bond acceptors (Lipinski definition) is 4. The Kier molecular flexibility index (Phi) is 3.90.